The molecule has 0 bridgehead atoms. The summed E-state index contributed by atoms with van der Waals surface area (Å²) in [5.74, 6) is 0. The number of hydrogen-bond donors (Lipinski definition) is 2. The molecule has 2 nitrogen and oxygen atoms in total. The predicted octanol–water partition coefficient (Wildman–Crippen LogP) is 2.65. The highest BCUT2D eigenvalue weighted by Gasteiger charge is 2.37. The smallest absolute Gasteiger partial charge is 0.0566 e. The van der Waals surface area contributed by atoms with Crippen LogP contribution in [0.5, 0.6) is 0 Å². The molecule has 2 aromatic heterocycles. The maximum Gasteiger partial charge on any atom is 0.0566 e. The quantitative estimate of drug-likeness (QED) is 0.796. The van der Waals surface area contributed by atoms with E-state index in [1.54, 1.807) is 0 Å². The summed E-state index contributed by atoms with van der Waals surface area (Å²) in [6.45, 7) is 0. The Bertz CT molecular complexity index is 422. The lowest BCUT2D eigenvalue weighted by Gasteiger charge is -2.05. The molecular weight excluding hydrogens is 192 g/mol. The number of nitrogens with two attached hydrogens (primary N) is 1. The molecule has 3 rings (SSSR count). The second-order valence-electron chi connectivity index (χ2n) is 4.33. The van der Waals surface area contributed by atoms with Gasteiger partial charge in [-0.2, -0.15) is 0 Å². The molecule has 0 saturated heterocycles. The molecule has 2 aromatic rings. The lowest BCUT2D eigenvalue weighted by molar-refractivity contribution is 0.612. The van der Waals surface area contributed by atoms with Crippen LogP contribution in [-0.4, -0.2) is 10.5 Å². The predicted molar refractivity (Wildman–Crippen MR) is 60.6 cm³/mol. The minimum Gasteiger partial charge on any atom is -0.360 e. The Morgan fingerprint density at radius 3 is 3.07 bits per heavy atom. The number of hydrogen-bond acceptors (Lipinski definition) is 2. The Morgan fingerprint density at radius 2 is 2.36 bits per heavy atom. The fourth-order valence-electron chi connectivity index (χ4n) is 1.81. The summed E-state index contributed by atoms with van der Waals surface area (Å²) < 4.78 is 1.36. The van der Waals surface area contributed by atoms with E-state index < -0.39 is 0 Å². The molecule has 1 saturated carbocycles. The zero-order valence-corrected chi connectivity index (χ0v) is 8.86. The first-order valence-corrected chi connectivity index (χ1v) is 5.92. The minimum absolute atomic E-state index is 0.192. The molecule has 0 spiro atoms. The number of aryl methyl sites for hydroxylation is 1. The average Bonchev–Trinajstić information content (AvgIpc) is 2.61. The number of thiophene rings is 1. The Hall–Kier alpha value is -0.800. The zero-order chi connectivity index (χ0) is 9.60. The van der Waals surface area contributed by atoms with E-state index in [-0.39, 0.29) is 5.54 Å². The standard InChI is InChI=1S/C11H14N2S/c12-11(4-5-11)3-1-8-7-9-10(14-8)2-6-13-9/h2,6-7,13H,1,3-5,12H2. The number of nitrogens with one attached hydrogen (secondary N) is 1. The number of aromatic nitrogens is 1. The molecule has 74 valence electrons. The van der Waals surface area contributed by atoms with Gasteiger partial charge in [0.15, 0.2) is 0 Å². The lowest BCUT2D eigenvalue weighted by atomic mass is 10.1. The van der Waals surface area contributed by atoms with E-state index in [1.807, 2.05) is 17.5 Å². The molecule has 1 aliphatic carbocycles. The van der Waals surface area contributed by atoms with Gasteiger partial charge in [0.25, 0.3) is 0 Å². The molecule has 0 aromatic carbocycles. The first-order valence-electron chi connectivity index (χ1n) is 5.10. The number of fused-ring (bicyclic) bond motifs is 1. The first-order chi connectivity index (χ1) is 6.75. The second kappa shape index (κ2) is 2.84. The topological polar surface area (TPSA) is 41.8 Å². The van der Waals surface area contributed by atoms with Gasteiger partial charge in [-0.3, -0.25) is 0 Å². The summed E-state index contributed by atoms with van der Waals surface area (Å²) >= 11 is 1.89. The minimum atomic E-state index is 0.192. The molecule has 14 heavy (non-hydrogen) atoms. The van der Waals surface area contributed by atoms with Gasteiger partial charge in [-0.15, -0.1) is 11.3 Å². The van der Waals surface area contributed by atoms with Crippen molar-refractivity contribution in [1.29, 1.82) is 0 Å². The van der Waals surface area contributed by atoms with Gasteiger partial charge in [-0.05, 0) is 37.8 Å². The summed E-state index contributed by atoms with van der Waals surface area (Å²) in [5.41, 5.74) is 7.52. The van der Waals surface area contributed by atoms with Crippen LogP contribution in [0.15, 0.2) is 18.3 Å². The Kier molecular flexibility index (Phi) is 1.73. The summed E-state index contributed by atoms with van der Waals surface area (Å²) in [7, 11) is 0. The van der Waals surface area contributed by atoms with E-state index in [2.05, 4.69) is 17.1 Å². The normalized spacial score (nSPS) is 18.9. The van der Waals surface area contributed by atoms with Crippen molar-refractivity contribution in [3.8, 4) is 0 Å². The highest BCUT2D eigenvalue weighted by molar-refractivity contribution is 7.19. The van der Waals surface area contributed by atoms with Crippen LogP contribution < -0.4 is 5.73 Å². The molecule has 1 fully saturated rings. The SMILES string of the molecule is NC1(CCc2cc3[nH]ccc3s2)CC1. The maximum absolute atomic E-state index is 6.06. The molecular formula is C11H14N2S. The zero-order valence-electron chi connectivity index (χ0n) is 8.05. The molecule has 0 unspecified atom stereocenters. The fourth-order valence-corrected chi connectivity index (χ4v) is 2.83. The maximum atomic E-state index is 6.06. The molecule has 0 radical (unpaired) electrons. The molecule has 3 heteroatoms. The molecule has 1 aliphatic rings. The van der Waals surface area contributed by atoms with E-state index in [1.165, 1.54) is 27.9 Å². The monoisotopic (exact) mass is 206 g/mol. The van der Waals surface area contributed by atoms with Crippen LogP contribution >= 0.6 is 11.3 Å². The van der Waals surface area contributed by atoms with Crippen LogP contribution in [0.1, 0.15) is 24.1 Å². The van der Waals surface area contributed by atoms with Gasteiger partial charge < -0.3 is 10.7 Å². The van der Waals surface area contributed by atoms with E-state index >= 15 is 0 Å². The second-order valence-corrected chi connectivity index (χ2v) is 5.50. The summed E-state index contributed by atoms with van der Waals surface area (Å²) in [5, 5.41) is 0. The summed E-state index contributed by atoms with van der Waals surface area (Å²) in [4.78, 5) is 4.69. The summed E-state index contributed by atoms with van der Waals surface area (Å²) in [6, 6.07) is 4.39. The van der Waals surface area contributed by atoms with Crippen molar-refractivity contribution in [2.75, 3.05) is 0 Å². The van der Waals surface area contributed by atoms with Gasteiger partial charge in [-0.25, -0.2) is 0 Å². The summed E-state index contributed by atoms with van der Waals surface area (Å²) in [6.07, 6.45) is 6.72. The van der Waals surface area contributed by atoms with Crippen LogP contribution in [0.4, 0.5) is 0 Å². The van der Waals surface area contributed by atoms with Gasteiger partial charge in [0.05, 0.1) is 10.2 Å². The molecule has 3 N–H and O–H groups in total. The van der Waals surface area contributed by atoms with Gasteiger partial charge in [-0.1, -0.05) is 0 Å². The van der Waals surface area contributed by atoms with Gasteiger partial charge in [0, 0.05) is 16.6 Å². The van der Waals surface area contributed by atoms with E-state index in [4.69, 9.17) is 5.73 Å². The highest BCUT2D eigenvalue weighted by atomic mass is 32.1. The van der Waals surface area contributed by atoms with Gasteiger partial charge in [0.2, 0.25) is 0 Å². The van der Waals surface area contributed by atoms with E-state index in [0.717, 1.165) is 12.8 Å². The highest BCUT2D eigenvalue weighted by Crippen LogP contribution is 2.37. The largest absolute Gasteiger partial charge is 0.360 e. The van der Waals surface area contributed by atoms with Gasteiger partial charge >= 0.3 is 0 Å². The van der Waals surface area contributed by atoms with Crippen molar-refractivity contribution in [2.24, 2.45) is 5.73 Å². The Labute approximate surface area is 87.1 Å². The van der Waals surface area contributed by atoms with Crippen molar-refractivity contribution in [2.45, 2.75) is 31.2 Å². The molecule has 2 heterocycles. The fraction of sp³-hybridized carbons (Fsp3) is 0.455. The Balaban J connectivity index is 1.75. The van der Waals surface area contributed by atoms with Crippen LogP contribution in [0.25, 0.3) is 10.2 Å². The van der Waals surface area contributed by atoms with Crippen LogP contribution in [0, 0.1) is 0 Å². The first kappa shape index (κ1) is 8.50. The molecule has 0 atom stereocenters. The van der Waals surface area contributed by atoms with Crippen LogP contribution in [0.3, 0.4) is 0 Å². The third kappa shape index (κ3) is 1.47. The van der Waals surface area contributed by atoms with Crippen LogP contribution in [0.2, 0.25) is 0 Å². The van der Waals surface area contributed by atoms with Crippen molar-refractivity contribution in [3.05, 3.63) is 23.2 Å². The number of H-pyrrole nitrogens is 1. The van der Waals surface area contributed by atoms with Crippen molar-refractivity contribution >= 4 is 21.6 Å². The third-order valence-corrected chi connectivity index (χ3v) is 4.21. The van der Waals surface area contributed by atoms with E-state index in [9.17, 15) is 0 Å². The van der Waals surface area contributed by atoms with Crippen LogP contribution in [-0.2, 0) is 6.42 Å². The molecule has 0 aliphatic heterocycles. The average molecular weight is 206 g/mol. The van der Waals surface area contributed by atoms with Gasteiger partial charge in [0.1, 0.15) is 0 Å². The van der Waals surface area contributed by atoms with Crippen molar-refractivity contribution in [1.82, 2.24) is 4.98 Å². The van der Waals surface area contributed by atoms with Crippen molar-refractivity contribution < 1.29 is 0 Å². The third-order valence-electron chi connectivity index (χ3n) is 3.05. The van der Waals surface area contributed by atoms with Crippen molar-refractivity contribution in [3.63, 3.8) is 0 Å². The Morgan fingerprint density at radius 1 is 1.50 bits per heavy atom. The number of rotatable bonds is 3. The van der Waals surface area contributed by atoms with E-state index in [0.29, 0.717) is 0 Å². The number of aromatic amines is 1. The molecule has 0 amide bonds. The lowest BCUT2D eigenvalue weighted by Crippen LogP contribution is -2.21.